The highest BCUT2D eigenvalue weighted by atomic mass is 16.4. The summed E-state index contributed by atoms with van der Waals surface area (Å²) in [4.78, 5) is 34.2. The number of carboxylic acid groups (broad SMARTS) is 1. The van der Waals surface area contributed by atoms with Crippen molar-refractivity contribution in [2.24, 2.45) is 0 Å². The molecule has 0 fully saturated rings. The Morgan fingerprint density at radius 1 is 1.04 bits per heavy atom. The highest BCUT2D eigenvalue weighted by Gasteiger charge is 2.09. The molecule has 0 aliphatic rings. The molecule has 1 aromatic heterocycles. The van der Waals surface area contributed by atoms with E-state index in [1.165, 1.54) is 0 Å². The Labute approximate surface area is 148 Å². The van der Waals surface area contributed by atoms with Crippen molar-refractivity contribution in [2.75, 3.05) is 5.32 Å². The van der Waals surface area contributed by atoms with Crippen molar-refractivity contribution in [3.8, 4) is 0 Å². The number of aromatic amines is 1. The number of H-pyrrole nitrogens is 1. The van der Waals surface area contributed by atoms with Crippen LogP contribution in [0, 0.1) is 0 Å². The number of anilines is 1. The quantitative estimate of drug-likeness (QED) is 0.631. The van der Waals surface area contributed by atoms with Crippen LogP contribution in [-0.4, -0.2) is 27.2 Å². The molecule has 7 heteroatoms. The van der Waals surface area contributed by atoms with Gasteiger partial charge < -0.3 is 10.4 Å². The first kappa shape index (κ1) is 17.3. The molecule has 0 aliphatic heterocycles. The minimum absolute atomic E-state index is 0.0777. The number of hydrogen-bond acceptors (Lipinski definition) is 4. The summed E-state index contributed by atoms with van der Waals surface area (Å²) in [7, 11) is 0. The Hall–Kier alpha value is -3.48. The lowest BCUT2D eigenvalue weighted by Crippen LogP contribution is -2.13. The van der Waals surface area contributed by atoms with Crippen molar-refractivity contribution in [3.05, 3.63) is 70.1 Å². The summed E-state index contributed by atoms with van der Waals surface area (Å²) in [6.45, 7) is 0. The lowest BCUT2D eigenvalue weighted by Gasteiger charge is -2.08. The van der Waals surface area contributed by atoms with Gasteiger partial charge >= 0.3 is 5.97 Å². The van der Waals surface area contributed by atoms with Gasteiger partial charge in [0.15, 0.2) is 0 Å². The van der Waals surface area contributed by atoms with Crippen LogP contribution in [0.25, 0.3) is 10.8 Å². The monoisotopic (exact) mass is 351 g/mol. The summed E-state index contributed by atoms with van der Waals surface area (Å²) in [5.41, 5.74) is 2.00. The van der Waals surface area contributed by atoms with Crippen LogP contribution in [0.15, 0.2) is 53.3 Å². The van der Waals surface area contributed by atoms with Crippen LogP contribution in [0.1, 0.15) is 24.1 Å². The van der Waals surface area contributed by atoms with E-state index < -0.39 is 5.97 Å². The fourth-order valence-corrected chi connectivity index (χ4v) is 2.70. The molecule has 0 saturated heterocycles. The van der Waals surface area contributed by atoms with Gasteiger partial charge in [-0.15, -0.1) is 0 Å². The number of carbonyl (C=O) groups excluding carboxylic acids is 1. The Morgan fingerprint density at radius 3 is 2.58 bits per heavy atom. The van der Waals surface area contributed by atoms with Crippen LogP contribution in [0.5, 0.6) is 0 Å². The summed E-state index contributed by atoms with van der Waals surface area (Å²) in [6, 6.07) is 14.5. The van der Waals surface area contributed by atoms with Crippen LogP contribution < -0.4 is 10.9 Å². The summed E-state index contributed by atoms with van der Waals surface area (Å²) in [5.74, 6) is -1.36. The third-order valence-corrected chi connectivity index (χ3v) is 3.92. The topological polar surface area (TPSA) is 112 Å². The third-order valence-electron chi connectivity index (χ3n) is 3.92. The number of amides is 1. The zero-order valence-electron chi connectivity index (χ0n) is 13.9. The van der Waals surface area contributed by atoms with Crippen LogP contribution in [0.2, 0.25) is 0 Å². The van der Waals surface area contributed by atoms with Gasteiger partial charge in [0, 0.05) is 23.9 Å². The number of nitrogens with one attached hydrogen (secondary N) is 2. The lowest BCUT2D eigenvalue weighted by molar-refractivity contribution is -0.138. The van der Waals surface area contributed by atoms with Gasteiger partial charge in [-0.2, -0.15) is 5.10 Å². The van der Waals surface area contributed by atoms with E-state index in [9.17, 15) is 14.4 Å². The second-order valence-electron chi connectivity index (χ2n) is 5.86. The van der Waals surface area contributed by atoms with Crippen LogP contribution >= 0.6 is 0 Å². The average Bonchev–Trinajstić information content (AvgIpc) is 2.63. The van der Waals surface area contributed by atoms with E-state index in [2.05, 4.69) is 15.5 Å². The molecule has 132 valence electrons. The number of hydrogen-bond donors (Lipinski definition) is 3. The summed E-state index contributed by atoms with van der Waals surface area (Å²) in [6.07, 6.45) is 0.195. The first-order chi connectivity index (χ1) is 12.5. The highest BCUT2D eigenvalue weighted by Crippen LogP contribution is 2.18. The predicted octanol–water partition coefficient (Wildman–Crippen LogP) is 2.32. The maximum absolute atomic E-state index is 11.9. The third kappa shape index (κ3) is 4.13. The molecule has 0 aliphatic carbocycles. The smallest absolute Gasteiger partial charge is 0.303 e. The largest absolute Gasteiger partial charge is 0.481 e. The minimum Gasteiger partial charge on any atom is -0.481 e. The molecule has 26 heavy (non-hydrogen) atoms. The van der Waals surface area contributed by atoms with Gasteiger partial charge in [0.2, 0.25) is 5.91 Å². The van der Waals surface area contributed by atoms with Gasteiger partial charge in [0.05, 0.1) is 17.5 Å². The second-order valence-corrected chi connectivity index (χ2v) is 5.86. The van der Waals surface area contributed by atoms with Crippen molar-refractivity contribution in [1.82, 2.24) is 10.2 Å². The maximum atomic E-state index is 11.9. The van der Waals surface area contributed by atoms with E-state index >= 15 is 0 Å². The Balaban J connectivity index is 1.79. The molecule has 3 N–H and O–H groups in total. The molecule has 1 amide bonds. The van der Waals surface area contributed by atoms with Crippen molar-refractivity contribution in [1.29, 1.82) is 0 Å². The molecule has 3 rings (SSSR count). The molecule has 0 radical (unpaired) electrons. The van der Waals surface area contributed by atoms with E-state index in [4.69, 9.17) is 5.11 Å². The van der Waals surface area contributed by atoms with E-state index in [-0.39, 0.29) is 24.3 Å². The molecule has 0 unspecified atom stereocenters. The molecule has 0 saturated carbocycles. The van der Waals surface area contributed by atoms with Crippen molar-refractivity contribution in [2.45, 2.75) is 19.3 Å². The Kier molecular flexibility index (Phi) is 5.07. The number of aliphatic carboxylic acids is 1. The molecule has 2 aromatic carbocycles. The second kappa shape index (κ2) is 7.60. The lowest BCUT2D eigenvalue weighted by atomic mass is 10.0. The number of carboxylic acids is 1. The molecular weight excluding hydrogens is 334 g/mol. The number of carbonyl (C=O) groups is 2. The van der Waals surface area contributed by atoms with Gasteiger partial charge in [0.25, 0.3) is 5.56 Å². The Morgan fingerprint density at radius 2 is 1.81 bits per heavy atom. The van der Waals surface area contributed by atoms with Crippen molar-refractivity contribution in [3.63, 3.8) is 0 Å². The molecule has 0 bridgehead atoms. The standard InChI is InChI=1S/C19H17N3O4/c23-17(8-9-18(24)25)20-13-5-3-4-12(10-13)11-16-14-6-1-2-7-15(14)19(26)22-21-16/h1-7,10H,8-9,11H2,(H,20,23)(H,22,26)(H,24,25). The maximum Gasteiger partial charge on any atom is 0.303 e. The van der Waals surface area contributed by atoms with E-state index in [1.54, 1.807) is 30.3 Å². The summed E-state index contributed by atoms with van der Waals surface area (Å²) < 4.78 is 0. The van der Waals surface area contributed by atoms with Gasteiger partial charge in [0.1, 0.15) is 0 Å². The molecule has 0 spiro atoms. The first-order valence-corrected chi connectivity index (χ1v) is 8.10. The number of aromatic nitrogens is 2. The van der Waals surface area contributed by atoms with Gasteiger partial charge in [-0.1, -0.05) is 30.3 Å². The van der Waals surface area contributed by atoms with Gasteiger partial charge in [-0.3, -0.25) is 14.4 Å². The number of rotatable bonds is 6. The van der Waals surface area contributed by atoms with E-state index in [1.807, 2.05) is 18.2 Å². The summed E-state index contributed by atoms with van der Waals surface area (Å²) >= 11 is 0. The number of nitrogens with zero attached hydrogens (tertiary/aromatic N) is 1. The van der Waals surface area contributed by atoms with Gasteiger partial charge in [-0.25, -0.2) is 5.10 Å². The van der Waals surface area contributed by atoms with E-state index in [0.717, 1.165) is 16.6 Å². The molecule has 0 atom stereocenters. The number of fused-ring (bicyclic) bond motifs is 1. The zero-order chi connectivity index (χ0) is 18.5. The SMILES string of the molecule is O=C(O)CCC(=O)Nc1cccc(Cc2n[nH]c(=O)c3ccccc23)c1. The normalized spacial score (nSPS) is 10.6. The molecule has 7 nitrogen and oxygen atoms in total. The molecular formula is C19H17N3O4. The van der Waals surface area contributed by atoms with Crippen LogP contribution in [-0.2, 0) is 16.0 Å². The van der Waals surface area contributed by atoms with Crippen molar-refractivity contribution >= 4 is 28.3 Å². The fourth-order valence-electron chi connectivity index (χ4n) is 2.70. The average molecular weight is 351 g/mol. The fraction of sp³-hybridized carbons (Fsp3) is 0.158. The van der Waals surface area contributed by atoms with Crippen LogP contribution in [0.3, 0.4) is 0 Å². The Bertz CT molecular complexity index is 1030. The summed E-state index contributed by atoms with van der Waals surface area (Å²) in [5, 5.41) is 19.3. The molecule has 1 heterocycles. The van der Waals surface area contributed by atoms with E-state index in [0.29, 0.717) is 17.5 Å². The minimum atomic E-state index is -1.01. The first-order valence-electron chi connectivity index (χ1n) is 8.10. The van der Waals surface area contributed by atoms with Crippen LogP contribution in [0.4, 0.5) is 5.69 Å². The number of benzene rings is 2. The zero-order valence-corrected chi connectivity index (χ0v) is 13.9. The highest BCUT2D eigenvalue weighted by molar-refractivity contribution is 5.92. The molecule has 3 aromatic rings. The van der Waals surface area contributed by atoms with Crippen molar-refractivity contribution < 1.29 is 14.7 Å². The van der Waals surface area contributed by atoms with Gasteiger partial charge in [-0.05, 0) is 23.8 Å². The predicted molar refractivity (Wildman–Crippen MR) is 97.1 cm³/mol.